The van der Waals surface area contributed by atoms with Crippen LogP contribution in [0.15, 0.2) is 42.5 Å². The predicted molar refractivity (Wildman–Crippen MR) is 83.0 cm³/mol. The van der Waals surface area contributed by atoms with E-state index >= 15 is 0 Å². The Morgan fingerprint density at radius 3 is 2.57 bits per heavy atom. The normalized spacial score (nSPS) is 9.81. The molecule has 0 radical (unpaired) electrons. The molecule has 0 aliphatic rings. The minimum atomic E-state index is -0.383. The Labute approximate surface area is 122 Å². The van der Waals surface area contributed by atoms with Crippen LogP contribution in [0.2, 0.25) is 0 Å². The summed E-state index contributed by atoms with van der Waals surface area (Å²) in [5.41, 5.74) is 7.39. The molecule has 0 atom stereocenters. The second kappa shape index (κ2) is 6.51. The summed E-state index contributed by atoms with van der Waals surface area (Å²) in [4.78, 5) is 12.0. The first-order valence-electron chi connectivity index (χ1n) is 6.28. The Hall–Kier alpha value is -2.89. The number of benzene rings is 2. The SMILES string of the molecule is COc1cccc(NC(=O)Nc2ccc(N)cc2OC)c1. The van der Waals surface area contributed by atoms with E-state index in [1.807, 2.05) is 0 Å². The van der Waals surface area contributed by atoms with Crippen molar-refractivity contribution in [2.45, 2.75) is 0 Å². The third kappa shape index (κ3) is 3.79. The van der Waals surface area contributed by atoms with Gasteiger partial charge in [0.2, 0.25) is 0 Å². The molecule has 2 aromatic carbocycles. The molecule has 2 amide bonds. The summed E-state index contributed by atoms with van der Waals surface area (Å²) in [5, 5.41) is 5.42. The molecule has 0 unspecified atom stereocenters. The number of hydrogen-bond donors (Lipinski definition) is 3. The molecule has 0 aliphatic heterocycles. The van der Waals surface area contributed by atoms with Gasteiger partial charge in [-0.3, -0.25) is 0 Å². The van der Waals surface area contributed by atoms with Crippen molar-refractivity contribution in [2.24, 2.45) is 0 Å². The van der Waals surface area contributed by atoms with Gasteiger partial charge in [0.05, 0.1) is 19.9 Å². The van der Waals surface area contributed by atoms with Crippen molar-refractivity contribution in [1.82, 2.24) is 0 Å². The van der Waals surface area contributed by atoms with Crippen molar-refractivity contribution in [3.05, 3.63) is 42.5 Å². The highest BCUT2D eigenvalue weighted by atomic mass is 16.5. The van der Waals surface area contributed by atoms with Gasteiger partial charge in [-0.1, -0.05) is 6.07 Å². The number of urea groups is 1. The number of ether oxygens (including phenoxy) is 2. The average molecular weight is 287 g/mol. The van der Waals surface area contributed by atoms with Crippen molar-refractivity contribution in [3.8, 4) is 11.5 Å². The third-order valence-corrected chi connectivity index (χ3v) is 2.80. The Morgan fingerprint density at radius 1 is 1.05 bits per heavy atom. The number of carbonyl (C=O) groups excluding carboxylic acids is 1. The summed E-state index contributed by atoms with van der Waals surface area (Å²) >= 11 is 0. The fraction of sp³-hybridized carbons (Fsp3) is 0.133. The van der Waals surface area contributed by atoms with Gasteiger partial charge in [-0.2, -0.15) is 0 Å². The van der Waals surface area contributed by atoms with Crippen LogP contribution in [0, 0.1) is 0 Å². The minimum absolute atomic E-state index is 0.383. The fourth-order valence-corrected chi connectivity index (χ4v) is 1.80. The zero-order valence-electron chi connectivity index (χ0n) is 11.8. The fourth-order valence-electron chi connectivity index (χ4n) is 1.80. The van der Waals surface area contributed by atoms with E-state index in [4.69, 9.17) is 15.2 Å². The van der Waals surface area contributed by atoms with Gasteiger partial charge >= 0.3 is 6.03 Å². The van der Waals surface area contributed by atoms with Gasteiger partial charge in [0.25, 0.3) is 0 Å². The molecule has 110 valence electrons. The molecule has 21 heavy (non-hydrogen) atoms. The van der Waals surface area contributed by atoms with E-state index in [1.54, 1.807) is 49.6 Å². The van der Waals surface area contributed by atoms with Crippen LogP contribution in [-0.2, 0) is 0 Å². The number of rotatable bonds is 4. The maximum absolute atomic E-state index is 12.0. The summed E-state index contributed by atoms with van der Waals surface area (Å²) in [6, 6.07) is 11.7. The van der Waals surface area contributed by atoms with Gasteiger partial charge in [0.15, 0.2) is 0 Å². The van der Waals surface area contributed by atoms with Crippen molar-refractivity contribution >= 4 is 23.1 Å². The van der Waals surface area contributed by atoms with E-state index in [0.29, 0.717) is 28.6 Å². The van der Waals surface area contributed by atoms with E-state index in [2.05, 4.69) is 10.6 Å². The second-order valence-electron chi connectivity index (χ2n) is 4.27. The van der Waals surface area contributed by atoms with Crippen LogP contribution in [-0.4, -0.2) is 20.3 Å². The number of nitrogens with one attached hydrogen (secondary N) is 2. The van der Waals surface area contributed by atoms with Gasteiger partial charge in [-0.05, 0) is 24.3 Å². The zero-order chi connectivity index (χ0) is 15.2. The van der Waals surface area contributed by atoms with Gasteiger partial charge < -0.3 is 25.8 Å². The van der Waals surface area contributed by atoms with Gasteiger partial charge in [0.1, 0.15) is 11.5 Å². The number of methoxy groups -OCH3 is 2. The highest BCUT2D eigenvalue weighted by molar-refractivity contribution is 6.00. The first-order valence-corrected chi connectivity index (χ1v) is 6.28. The van der Waals surface area contributed by atoms with Crippen molar-refractivity contribution < 1.29 is 14.3 Å². The van der Waals surface area contributed by atoms with E-state index in [1.165, 1.54) is 7.11 Å². The maximum Gasteiger partial charge on any atom is 0.323 e. The zero-order valence-corrected chi connectivity index (χ0v) is 11.8. The molecule has 2 rings (SSSR count). The highest BCUT2D eigenvalue weighted by Crippen LogP contribution is 2.26. The van der Waals surface area contributed by atoms with Gasteiger partial charge in [0, 0.05) is 23.5 Å². The van der Waals surface area contributed by atoms with E-state index < -0.39 is 0 Å². The Kier molecular flexibility index (Phi) is 4.50. The quantitative estimate of drug-likeness (QED) is 0.755. The van der Waals surface area contributed by atoms with Crippen molar-refractivity contribution in [2.75, 3.05) is 30.6 Å². The highest BCUT2D eigenvalue weighted by Gasteiger charge is 2.08. The lowest BCUT2D eigenvalue weighted by Crippen LogP contribution is -2.19. The smallest absolute Gasteiger partial charge is 0.323 e. The van der Waals surface area contributed by atoms with Crippen LogP contribution < -0.4 is 25.8 Å². The van der Waals surface area contributed by atoms with Crippen LogP contribution in [0.25, 0.3) is 0 Å². The molecule has 0 fully saturated rings. The van der Waals surface area contributed by atoms with Crippen molar-refractivity contribution in [1.29, 1.82) is 0 Å². The molecule has 0 heterocycles. The molecular formula is C15H17N3O3. The molecule has 0 saturated heterocycles. The lowest BCUT2D eigenvalue weighted by Gasteiger charge is -2.12. The van der Waals surface area contributed by atoms with E-state index in [9.17, 15) is 4.79 Å². The molecule has 0 saturated carbocycles. The first-order chi connectivity index (χ1) is 10.1. The molecule has 4 N–H and O–H groups in total. The third-order valence-electron chi connectivity index (χ3n) is 2.80. The summed E-state index contributed by atoms with van der Waals surface area (Å²) in [7, 11) is 3.08. The number of carbonyl (C=O) groups is 1. The van der Waals surface area contributed by atoms with Crippen LogP contribution in [0.3, 0.4) is 0 Å². The number of nitrogens with two attached hydrogens (primary N) is 1. The number of hydrogen-bond acceptors (Lipinski definition) is 4. The lowest BCUT2D eigenvalue weighted by atomic mass is 10.2. The van der Waals surface area contributed by atoms with E-state index in [0.717, 1.165) is 0 Å². The van der Waals surface area contributed by atoms with Crippen LogP contribution in [0.4, 0.5) is 21.9 Å². The van der Waals surface area contributed by atoms with Gasteiger partial charge in [-0.25, -0.2) is 4.79 Å². The summed E-state index contributed by atoms with van der Waals surface area (Å²) in [5.74, 6) is 1.16. The standard InChI is InChI=1S/C15H17N3O3/c1-20-12-5-3-4-11(9-12)17-15(19)18-13-7-6-10(16)8-14(13)21-2/h3-9H,16H2,1-2H3,(H2,17,18,19). The molecule has 2 aromatic rings. The van der Waals surface area contributed by atoms with Crippen LogP contribution in [0.1, 0.15) is 0 Å². The second-order valence-corrected chi connectivity index (χ2v) is 4.27. The molecule has 0 aromatic heterocycles. The summed E-state index contributed by atoms with van der Waals surface area (Å²) < 4.78 is 10.3. The maximum atomic E-state index is 12.0. The topological polar surface area (TPSA) is 85.6 Å². The Bertz CT molecular complexity index is 644. The number of anilines is 3. The molecule has 0 aliphatic carbocycles. The molecule has 0 bridgehead atoms. The lowest BCUT2D eigenvalue weighted by molar-refractivity contribution is 0.262. The van der Waals surface area contributed by atoms with Gasteiger partial charge in [-0.15, -0.1) is 0 Å². The average Bonchev–Trinajstić information content (AvgIpc) is 2.49. The van der Waals surface area contributed by atoms with E-state index in [-0.39, 0.29) is 6.03 Å². The molecule has 6 nitrogen and oxygen atoms in total. The first kappa shape index (κ1) is 14.5. The van der Waals surface area contributed by atoms with Crippen LogP contribution >= 0.6 is 0 Å². The minimum Gasteiger partial charge on any atom is -0.497 e. The number of nitrogen functional groups attached to an aromatic ring is 1. The summed E-state index contributed by atoms with van der Waals surface area (Å²) in [6.45, 7) is 0. The molecule has 0 spiro atoms. The Morgan fingerprint density at radius 2 is 1.86 bits per heavy atom. The summed E-state index contributed by atoms with van der Waals surface area (Å²) in [6.07, 6.45) is 0. The monoisotopic (exact) mass is 287 g/mol. The largest absolute Gasteiger partial charge is 0.497 e. The van der Waals surface area contributed by atoms with Crippen LogP contribution in [0.5, 0.6) is 11.5 Å². The Balaban J connectivity index is 2.08. The predicted octanol–water partition coefficient (Wildman–Crippen LogP) is 2.93. The molecular weight excluding hydrogens is 270 g/mol. The molecule has 6 heteroatoms. The number of amides is 2. The van der Waals surface area contributed by atoms with Crippen molar-refractivity contribution in [3.63, 3.8) is 0 Å².